The Morgan fingerprint density at radius 1 is 1.18 bits per heavy atom. The first-order chi connectivity index (χ1) is 10.7. The summed E-state index contributed by atoms with van der Waals surface area (Å²) in [6.07, 6.45) is 0.566. The van der Waals surface area contributed by atoms with Crippen molar-refractivity contribution in [3.8, 4) is 11.5 Å². The molecular formula is C17H18FNO3. The van der Waals surface area contributed by atoms with Crippen LogP contribution in [-0.4, -0.2) is 36.0 Å². The molecule has 0 fully saturated rings. The van der Waals surface area contributed by atoms with Gasteiger partial charge in [0, 0.05) is 19.0 Å². The van der Waals surface area contributed by atoms with E-state index in [1.54, 1.807) is 30.3 Å². The topological polar surface area (TPSA) is 52.9 Å². The number of hydrogen-bond acceptors (Lipinski definition) is 4. The maximum absolute atomic E-state index is 13.0. The van der Waals surface area contributed by atoms with Crippen LogP contribution in [-0.2, 0) is 6.42 Å². The van der Waals surface area contributed by atoms with Gasteiger partial charge in [0.1, 0.15) is 23.4 Å². The second kappa shape index (κ2) is 6.23. The largest absolute Gasteiger partial charge is 0.508 e. The van der Waals surface area contributed by atoms with Crippen LogP contribution in [0.15, 0.2) is 42.5 Å². The molecule has 1 unspecified atom stereocenters. The van der Waals surface area contributed by atoms with Crippen LogP contribution in [0.4, 0.5) is 10.1 Å². The zero-order valence-corrected chi connectivity index (χ0v) is 12.1. The number of aromatic hydroxyl groups is 1. The summed E-state index contributed by atoms with van der Waals surface area (Å²) < 4.78 is 18.9. The molecule has 116 valence electrons. The lowest BCUT2D eigenvalue weighted by atomic mass is 10.1. The van der Waals surface area contributed by atoms with Gasteiger partial charge in [-0.3, -0.25) is 0 Å². The minimum Gasteiger partial charge on any atom is -0.508 e. The zero-order chi connectivity index (χ0) is 15.5. The Morgan fingerprint density at radius 3 is 2.68 bits per heavy atom. The molecule has 0 aromatic heterocycles. The number of ether oxygens (including phenoxy) is 1. The van der Waals surface area contributed by atoms with E-state index in [2.05, 4.69) is 0 Å². The fourth-order valence-electron chi connectivity index (χ4n) is 2.74. The number of aliphatic hydroxyl groups is 1. The Balaban J connectivity index is 1.80. The second-order valence-corrected chi connectivity index (χ2v) is 5.39. The monoisotopic (exact) mass is 303 g/mol. The minimum atomic E-state index is -0.254. The molecule has 1 heterocycles. The maximum atomic E-state index is 13.0. The highest BCUT2D eigenvalue weighted by Crippen LogP contribution is 2.36. The quantitative estimate of drug-likeness (QED) is 0.910. The molecule has 0 saturated carbocycles. The molecule has 2 aromatic carbocycles. The van der Waals surface area contributed by atoms with Crippen LogP contribution < -0.4 is 9.64 Å². The number of halogens is 1. The fourth-order valence-corrected chi connectivity index (χ4v) is 2.74. The molecule has 0 radical (unpaired) electrons. The van der Waals surface area contributed by atoms with Crippen molar-refractivity contribution < 1.29 is 19.3 Å². The van der Waals surface area contributed by atoms with Crippen LogP contribution in [0.25, 0.3) is 0 Å². The van der Waals surface area contributed by atoms with E-state index >= 15 is 0 Å². The van der Waals surface area contributed by atoms with Gasteiger partial charge in [-0.25, -0.2) is 4.39 Å². The number of rotatable bonds is 4. The number of β-amino-alcohol motifs (C(OH)–C–C–N with tert-alkyl or cyclic N) is 1. The van der Waals surface area contributed by atoms with E-state index in [0.717, 1.165) is 11.3 Å². The van der Waals surface area contributed by atoms with Crippen molar-refractivity contribution in [3.63, 3.8) is 0 Å². The van der Waals surface area contributed by atoms with Gasteiger partial charge >= 0.3 is 0 Å². The molecule has 1 atom stereocenters. The zero-order valence-electron chi connectivity index (χ0n) is 12.1. The third kappa shape index (κ3) is 3.14. The highest BCUT2D eigenvalue weighted by atomic mass is 19.1. The predicted molar refractivity (Wildman–Crippen MR) is 81.9 cm³/mol. The molecule has 5 heteroatoms. The average Bonchev–Trinajstić information content (AvgIpc) is 2.51. The smallest absolute Gasteiger partial charge is 0.143 e. The minimum absolute atomic E-state index is 0.0262. The van der Waals surface area contributed by atoms with Crippen molar-refractivity contribution in [1.82, 2.24) is 0 Å². The lowest BCUT2D eigenvalue weighted by Gasteiger charge is -2.36. The van der Waals surface area contributed by atoms with E-state index in [9.17, 15) is 14.6 Å². The van der Waals surface area contributed by atoms with Crippen molar-refractivity contribution in [2.45, 2.75) is 12.5 Å². The van der Waals surface area contributed by atoms with Gasteiger partial charge in [0.15, 0.2) is 0 Å². The molecule has 3 rings (SSSR count). The lowest BCUT2D eigenvalue weighted by molar-refractivity contribution is 0.189. The summed E-state index contributed by atoms with van der Waals surface area (Å²) in [6.45, 7) is 1.10. The first kappa shape index (κ1) is 14.7. The number of phenols is 1. The molecule has 0 amide bonds. The third-order valence-corrected chi connectivity index (χ3v) is 3.75. The summed E-state index contributed by atoms with van der Waals surface area (Å²) in [4.78, 5) is 1.99. The summed E-state index contributed by atoms with van der Waals surface area (Å²) in [6, 6.07) is 11.3. The normalized spacial score (nSPS) is 17.0. The maximum Gasteiger partial charge on any atom is 0.143 e. The van der Waals surface area contributed by atoms with E-state index < -0.39 is 0 Å². The molecule has 1 aliphatic heterocycles. The first-order valence-corrected chi connectivity index (χ1v) is 7.25. The Labute approximate surface area is 128 Å². The molecule has 0 spiro atoms. The number of benzene rings is 2. The fraction of sp³-hybridized carbons (Fsp3) is 0.294. The summed E-state index contributed by atoms with van der Waals surface area (Å²) in [5, 5.41) is 18.9. The standard InChI is InChI=1S/C17H18FNO3/c18-13-3-1-12(2-4-13)9-15-11-19(7-8-20)16-10-14(21)5-6-17(16)22-15/h1-6,10,15,20-21H,7-9,11H2. The summed E-state index contributed by atoms with van der Waals surface area (Å²) >= 11 is 0. The Morgan fingerprint density at radius 2 is 1.95 bits per heavy atom. The van der Waals surface area contributed by atoms with Crippen LogP contribution in [0.1, 0.15) is 5.56 Å². The van der Waals surface area contributed by atoms with Crippen molar-refractivity contribution in [2.75, 3.05) is 24.6 Å². The molecular weight excluding hydrogens is 285 g/mol. The molecule has 0 aliphatic carbocycles. The second-order valence-electron chi connectivity index (χ2n) is 5.39. The number of fused-ring (bicyclic) bond motifs is 1. The van der Waals surface area contributed by atoms with Crippen LogP contribution in [0.5, 0.6) is 11.5 Å². The van der Waals surface area contributed by atoms with Crippen LogP contribution in [0, 0.1) is 5.82 Å². The van der Waals surface area contributed by atoms with Gasteiger partial charge in [-0.05, 0) is 29.8 Å². The highest BCUT2D eigenvalue weighted by Gasteiger charge is 2.26. The van der Waals surface area contributed by atoms with E-state index in [0.29, 0.717) is 25.3 Å². The van der Waals surface area contributed by atoms with Crippen molar-refractivity contribution >= 4 is 5.69 Å². The van der Waals surface area contributed by atoms with Gasteiger partial charge in [-0.1, -0.05) is 12.1 Å². The number of aliphatic hydroxyl groups excluding tert-OH is 1. The Bertz CT molecular complexity index is 645. The van der Waals surface area contributed by atoms with E-state index in [1.165, 1.54) is 12.1 Å². The van der Waals surface area contributed by atoms with Crippen LogP contribution in [0.2, 0.25) is 0 Å². The van der Waals surface area contributed by atoms with E-state index in [4.69, 9.17) is 4.74 Å². The van der Waals surface area contributed by atoms with Gasteiger partial charge in [0.2, 0.25) is 0 Å². The summed E-state index contributed by atoms with van der Waals surface area (Å²) in [5.74, 6) is 0.600. The molecule has 0 saturated heterocycles. The van der Waals surface area contributed by atoms with E-state index in [1.807, 2.05) is 4.90 Å². The van der Waals surface area contributed by atoms with Gasteiger partial charge in [0.25, 0.3) is 0 Å². The van der Waals surface area contributed by atoms with E-state index in [-0.39, 0.29) is 24.3 Å². The molecule has 22 heavy (non-hydrogen) atoms. The lowest BCUT2D eigenvalue weighted by Crippen LogP contribution is -2.42. The van der Waals surface area contributed by atoms with Gasteiger partial charge < -0.3 is 19.8 Å². The SMILES string of the molecule is OCCN1CC(Cc2ccc(F)cc2)Oc2ccc(O)cc21. The molecule has 4 nitrogen and oxygen atoms in total. The summed E-state index contributed by atoms with van der Waals surface area (Å²) in [5.41, 5.74) is 1.78. The van der Waals surface area contributed by atoms with Crippen molar-refractivity contribution in [3.05, 3.63) is 53.8 Å². The molecule has 2 N–H and O–H groups in total. The summed E-state index contributed by atoms with van der Waals surface area (Å²) in [7, 11) is 0. The average molecular weight is 303 g/mol. The molecule has 2 aromatic rings. The number of anilines is 1. The third-order valence-electron chi connectivity index (χ3n) is 3.75. The highest BCUT2D eigenvalue weighted by molar-refractivity contribution is 5.63. The van der Waals surface area contributed by atoms with Gasteiger partial charge in [-0.2, -0.15) is 0 Å². The van der Waals surface area contributed by atoms with Crippen LogP contribution in [0.3, 0.4) is 0 Å². The van der Waals surface area contributed by atoms with Gasteiger partial charge in [0.05, 0.1) is 18.8 Å². The predicted octanol–water partition coefficient (Wildman–Crippen LogP) is 2.33. The Hall–Kier alpha value is -2.27. The van der Waals surface area contributed by atoms with Crippen molar-refractivity contribution in [1.29, 1.82) is 0 Å². The van der Waals surface area contributed by atoms with Crippen molar-refractivity contribution in [2.24, 2.45) is 0 Å². The first-order valence-electron chi connectivity index (χ1n) is 7.25. The Kier molecular flexibility index (Phi) is 4.15. The number of phenolic OH excluding ortho intramolecular Hbond substituents is 1. The van der Waals surface area contributed by atoms with Gasteiger partial charge in [-0.15, -0.1) is 0 Å². The number of nitrogens with zero attached hydrogens (tertiary/aromatic N) is 1. The van der Waals surface area contributed by atoms with Crippen LogP contribution >= 0.6 is 0 Å². The number of hydrogen-bond donors (Lipinski definition) is 2. The molecule has 0 bridgehead atoms. The molecule has 1 aliphatic rings.